The molecule has 16 heteroatoms. The van der Waals surface area contributed by atoms with Crippen molar-refractivity contribution in [1.82, 2.24) is 9.55 Å². The number of rotatable bonds is 11. The molecule has 3 aromatic rings. The molecule has 4 atom stereocenters. The van der Waals surface area contributed by atoms with Crippen LogP contribution in [0.2, 0.25) is 0 Å². The third-order valence-corrected chi connectivity index (χ3v) is 7.27. The smallest absolute Gasteiger partial charge is 0.497 e. The van der Waals surface area contributed by atoms with Gasteiger partial charge in [0.25, 0.3) is 6.43 Å². The van der Waals surface area contributed by atoms with E-state index in [2.05, 4.69) is 4.98 Å². The molecule has 1 fully saturated rings. The van der Waals surface area contributed by atoms with Crippen LogP contribution < -0.4 is 29.9 Å². The summed E-state index contributed by atoms with van der Waals surface area (Å²) in [6.45, 7) is -1.29. The number of alkyl halides is 2. The number of aliphatic hydroxyl groups excluding tert-OH is 2. The molecule has 0 radical (unpaired) electrons. The van der Waals surface area contributed by atoms with Crippen molar-refractivity contribution in [3.8, 4) is 23.0 Å². The van der Waals surface area contributed by atoms with Gasteiger partial charge < -0.3 is 39.2 Å². The predicted molar refractivity (Wildman–Crippen MR) is 135 cm³/mol. The molecule has 40 heavy (non-hydrogen) atoms. The van der Waals surface area contributed by atoms with E-state index in [1.165, 1.54) is 68.8 Å². The number of methoxy groups -OCH3 is 2. The normalized spacial score (nSPS) is 22.7. The van der Waals surface area contributed by atoms with Gasteiger partial charge in [-0.15, -0.1) is 0 Å². The highest BCUT2D eigenvalue weighted by molar-refractivity contribution is 7.49. The minimum Gasteiger partial charge on any atom is -0.497 e. The Hall–Kier alpha value is -3.75. The molecular weight excluding hydrogens is 559 g/mol. The number of hydrogen-bond donors (Lipinski definition) is 3. The highest BCUT2D eigenvalue weighted by atomic mass is 31.2. The lowest BCUT2D eigenvalue weighted by molar-refractivity contribution is -0.193. The summed E-state index contributed by atoms with van der Waals surface area (Å²) in [5.41, 5.74) is 1.46. The van der Waals surface area contributed by atoms with Crippen molar-refractivity contribution in [2.75, 3.05) is 26.6 Å². The second-order valence-electron chi connectivity index (χ2n) is 8.50. The van der Waals surface area contributed by atoms with Gasteiger partial charge in [-0.05, 0) is 54.6 Å². The van der Waals surface area contributed by atoms with Gasteiger partial charge in [-0.25, -0.2) is 18.1 Å². The van der Waals surface area contributed by atoms with Crippen LogP contribution in [0.4, 0.5) is 14.6 Å². The molecule has 1 aliphatic heterocycles. The Kier molecular flexibility index (Phi) is 8.61. The van der Waals surface area contributed by atoms with Crippen LogP contribution in [0, 0.1) is 0 Å². The number of hydrogen-bond acceptors (Lipinski definition) is 12. The topological polar surface area (TPSA) is 174 Å². The van der Waals surface area contributed by atoms with Crippen molar-refractivity contribution in [2.24, 2.45) is 0 Å². The summed E-state index contributed by atoms with van der Waals surface area (Å²) in [5.74, 6) is 0.671. The lowest BCUT2D eigenvalue weighted by Crippen LogP contribution is -2.52. The monoisotopic (exact) mass is 585 g/mol. The molecule has 2 aromatic carbocycles. The summed E-state index contributed by atoms with van der Waals surface area (Å²) in [4.78, 5) is 15.7. The summed E-state index contributed by atoms with van der Waals surface area (Å²) in [6.07, 6.45) is -8.60. The summed E-state index contributed by atoms with van der Waals surface area (Å²) in [6, 6.07) is 12.6. The largest absolute Gasteiger partial charge is 0.587 e. The molecule has 0 saturated carbocycles. The fourth-order valence-corrected chi connectivity index (χ4v) is 5.06. The Bertz CT molecular complexity index is 1360. The van der Waals surface area contributed by atoms with E-state index >= 15 is 0 Å². The van der Waals surface area contributed by atoms with Crippen LogP contribution in [0.15, 0.2) is 65.6 Å². The molecule has 216 valence electrons. The van der Waals surface area contributed by atoms with Gasteiger partial charge in [-0.2, -0.15) is 4.98 Å². The maximum absolute atomic E-state index is 14.5. The van der Waals surface area contributed by atoms with Gasteiger partial charge in [-0.1, -0.05) is 0 Å². The Morgan fingerprint density at radius 2 is 1.50 bits per heavy atom. The van der Waals surface area contributed by atoms with E-state index in [1.807, 2.05) is 0 Å². The Labute approximate surface area is 226 Å². The van der Waals surface area contributed by atoms with Crippen LogP contribution in [0.1, 0.15) is 6.23 Å². The second-order valence-corrected chi connectivity index (χ2v) is 10.0. The summed E-state index contributed by atoms with van der Waals surface area (Å²) < 4.78 is 75.1. The van der Waals surface area contributed by atoms with Gasteiger partial charge in [-0.3, -0.25) is 9.09 Å². The van der Waals surface area contributed by atoms with Gasteiger partial charge >= 0.3 is 13.5 Å². The van der Waals surface area contributed by atoms with E-state index < -0.39 is 50.6 Å². The molecule has 1 saturated heterocycles. The van der Waals surface area contributed by atoms with E-state index in [0.717, 1.165) is 6.20 Å². The minimum absolute atomic E-state index is 0.0333. The van der Waals surface area contributed by atoms with Crippen molar-refractivity contribution < 1.29 is 51.3 Å². The lowest BCUT2D eigenvalue weighted by atomic mass is 9.96. The number of nitrogens with zero attached hydrogens (tertiary/aromatic N) is 2. The van der Waals surface area contributed by atoms with Crippen LogP contribution in [0.5, 0.6) is 23.0 Å². The van der Waals surface area contributed by atoms with Crippen molar-refractivity contribution in [3.63, 3.8) is 0 Å². The SMILES string of the molecule is COc1ccc(OP(=O)(OC[C@@]2(C(F)F)O[C@@H](n3ccc(N)nc3=O)C(O)C2O)Oc2ccc(OC)cc2)cc1. The summed E-state index contributed by atoms with van der Waals surface area (Å²) in [5, 5.41) is 21.2. The molecule has 0 aliphatic carbocycles. The molecular formula is C24H26F2N3O10P. The van der Waals surface area contributed by atoms with Crippen LogP contribution in [0.25, 0.3) is 0 Å². The lowest BCUT2D eigenvalue weighted by Gasteiger charge is -2.31. The first kappa shape index (κ1) is 29.2. The minimum atomic E-state index is -4.78. The highest BCUT2D eigenvalue weighted by Crippen LogP contribution is 2.52. The molecule has 4 rings (SSSR count). The molecule has 1 aliphatic rings. The molecule has 2 heterocycles. The van der Waals surface area contributed by atoms with Crippen molar-refractivity contribution in [2.45, 2.75) is 30.5 Å². The van der Waals surface area contributed by atoms with Gasteiger partial charge in [0.1, 0.15) is 41.0 Å². The van der Waals surface area contributed by atoms with Crippen molar-refractivity contribution in [3.05, 3.63) is 71.3 Å². The first-order valence-corrected chi connectivity index (χ1v) is 13.0. The summed E-state index contributed by atoms with van der Waals surface area (Å²) >= 11 is 0. The number of ether oxygens (including phenoxy) is 3. The van der Waals surface area contributed by atoms with Crippen molar-refractivity contribution in [1.29, 1.82) is 0 Å². The zero-order chi connectivity index (χ0) is 29.1. The molecule has 0 spiro atoms. The zero-order valence-corrected chi connectivity index (χ0v) is 22.0. The third-order valence-electron chi connectivity index (χ3n) is 5.95. The number of anilines is 1. The average molecular weight is 585 g/mol. The number of halogens is 2. The van der Waals surface area contributed by atoms with Gasteiger partial charge in [0.15, 0.2) is 11.8 Å². The first-order chi connectivity index (χ1) is 19.0. The van der Waals surface area contributed by atoms with E-state index in [9.17, 15) is 28.4 Å². The predicted octanol–water partition coefficient (Wildman–Crippen LogP) is 2.38. The Balaban J connectivity index is 1.64. The number of aromatic nitrogens is 2. The third kappa shape index (κ3) is 6.03. The van der Waals surface area contributed by atoms with E-state index in [-0.39, 0.29) is 17.3 Å². The van der Waals surface area contributed by atoms with Gasteiger partial charge in [0, 0.05) is 6.20 Å². The quantitative estimate of drug-likeness (QED) is 0.281. The molecule has 1 aromatic heterocycles. The van der Waals surface area contributed by atoms with Gasteiger partial charge in [0.2, 0.25) is 0 Å². The standard InChI is InChI=1S/C24H26F2N3O10P/c1-34-14-3-7-16(8-4-14)38-40(33,39-17-9-5-15(35-2)6-10-17)36-13-24(22(25)26)20(31)19(30)21(37-24)29-12-11-18(27)28-23(29)32/h3-12,19-22,30-31H,13H2,1-2H3,(H2,27,28,32)/t19?,20?,21-,24-/m1/s1. The highest BCUT2D eigenvalue weighted by Gasteiger charge is 2.62. The van der Waals surface area contributed by atoms with Crippen LogP contribution >= 0.6 is 7.82 Å². The van der Waals surface area contributed by atoms with Crippen molar-refractivity contribution >= 4 is 13.6 Å². The maximum atomic E-state index is 14.5. The fourth-order valence-electron chi connectivity index (χ4n) is 3.80. The number of nitrogen functional groups attached to an aromatic ring is 1. The first-order valence-electron chi connectivity index (χ1n) is 11.6. The van der Waals surface area contributed by atoms with E-state index in [1.54, 1.807) is 0 Å². The molecule has 4 N–H and O–H groups in total. The number of phosphoric ester groups is 1. The number of phosphoric acid groups is 1. The fraction of sp³-hybridized carbons (Fsp3) is 0.333. The molecule has 2 unspecified atom stereocenters. The molecule has 0 bridgehead atoms. The average Bonchev–Trinajstić information content (AvgIpc) is 3.19. The number of aliphatic hydroxyl groups is 2. The van der Waals surface area contributed by atoms with E-state index in [4.69, 9.17) is 33.5 Å². The maximum Gasteiger partial charge on any atom is 0.587 e. The van der Waals surface area contributed by atoms with Crippen LogP contribution in [-0.2, 0) is 13.8 Å². The molecule has 0 amide bonds. The van der Waals surface area contributed by atoms with Crippen LogP contribution in [-0.4, -0.2) is 64.8 Å². The Morgan fingerprint density at radius 3 is 1.95 bits per heavy atom. The Morgan fingerprint density at radius 1 is 1.00 bits per heavy atom. The second kappa shape index (κ2) is 11.8. The van der Waals surface area contributed by atoms with Gasteiger partial charge in [0.05, 0.1) is 20.8 Å². The number of benzene rings is 2. The van der Waals surface area contributed by atoms with E-state index in [0.29, 0.717) is 16.1 Å². The molecule has 13 nitrogen and oxygen atoms in total. The number of nitrogens with two attached hydrogens (primary N) is 1. The zero-order valence-electron chi connectivity index (χ0n) is 21.1. The summed E-state index contributed by atoms with van der Waals surface area (Å²) in [7, 11) is -1.92. The van der Waals surface area contributed by atoms with Crippen LogP contribution in [0.3, 0.4) is 0 Å².